The lowest BCUT2D eigenvalue weighted by atomic mass is 10.1. The molecule has 0 spiro atoms. The molecule has 0 heterocycles. The molecule has 0 aliphatic heterocycles. The van der Waals surface area contributed by atoms with Crippen LogP contribution in [0.5, 0.6) is 0 Å². The molecule has 6 rings (SSSR count). The van der Waals surface area contributed by atoms with E-state index in [4.69, 9.17) is 0 Å². The van der Waals surface area contributed by atoms with Gasteiger partial charge in [-0.05, 0) is 121 Å². The summed E-state index contributed by atoms with van der Waals surface area (Å²) >= 11 is 8.34. The summed E-state index contributed by atoms with van der Waals surface area (Å²) in [6.45, 7) is 1.97. The molecule has 0 amide bonds. The van der Waals surface area contributed by atoms with Crippen LogP contribution in [0.15, 0.2) is 178 Å². The zero-order chi connectivity index (χ0) is 32.6. The second kappa shape index (κ2) is 15.8. The Morgan fingerprint density at radius 1 is 0.404 bits per heavy atom. The van der Waals surface area contributed by atoms with E-state index in [0.717, 1.165) is 51.6 Å². The zero-order valence-corrected chi connectivity index (χ0v) is 29.7. The highest BCUT2D eigenvalue weighted by molar-refractivity contribution is 8.00. The minimum Gasteiger partial charge on any atom is -0.192 e. The number of hydrogen-bond acceptors (Lipinski definition) is 7. The van der Waals surface area contributed by atoms with Crippen LogP contribution in [0.2, 0.25) is 0 Å². The van der Waals surface area contributed by atoms with Gasteiger partial charge in [0.25, 0.3) is 0 Å². The van der Waals surface area contributed by atoms with Crippen molar-refractivity contribution >= 4 is 58.8 Å². The number of hydrogen-bond donors (Lipinski definition) is 0. The first-order valence-electron chi connectivity index (χ1n) is 14.7. The molecule has 0 radical (unpaired) electrons. The van der Waals surface area contributed by atoms with Gasteiger partial charge in [-0.3, -0.25) is 0 Å². The van der Waals surface area contributed by atoms with E-state index in [9.17, 15) is 10.5 Å². The lowest BCUT2D eigenvalue weighted by molar-refractivity contribution is 1.24. The number of aryl methyl sites for hydroxylation is 1. The predicted molar refractivity (Wildman–Crippen MR) is 200 cm³/mol. The molecule has 0 atom stereocenters. The number of benzene rings is 6. The average Bonchev–Trinajstić information content (AvgIpc) is 3.10. The molecule has 0 bridgehead atoms. The van der Waals surface area contributed by atoms with Gasteiger partial charge in [-0.1, -0.05) is 89.5 Å². The van der Waals surface area contributed by atoms with E-state index in [2.05, 4.69) is 115 Å². The highest BCUT2D eigenvalue weighted by Gasteiger charge is 2.12. The van der Waals surface area contributed by atoms with Crippen molar-refractivity contribution in [3.05, 3.63) is 150 Å². The van der Waals surface area contributed by atoms with Crippen LogP contribution < -0.4 is 0 Å². The van der Waals surface area contributed by atoms with Gasteiger partial charge in [0.05, 0.1) is 11.1 Å². The summed E-state index contributed by atoms with van der Waals surface area (Å²) < 4.78 is 0. The van der Waals surface area contributed by atoms with Crippen molar-refractivity contribution in [1.82, 2.24) is 0 Å². The quantitative estimate of drug-likeness (QED) is 0.132. The minimum absolute atomic E-state index is 0.695. The van der Waals surface area contributed by atoms with Crippen molar-refractivity contribution < 1.29 is 0 Å². The fraction of sp³-hybridized carbons (Fsp3) is 0.0500. The van der Waals surface area contributed by atoms with Crippen LogP contribution in [0.3, 0.4) is 0 Å². The van der Waals surface area contributed by atoms with E-state index in [-0.39, 0.29) is 0 Å². The maximum atomic E-state index is 10.2. The fourth-order valence-electron chi connectivity index (χ4n) is 4.83. The number of nitrogens with zero attached hydrogens (tertiary/aromatic N) is 2. The summed E-state index contributed by atoms with van der Waals surface area (Å²) in [5, 5.41) is 19.7. The minimum atomic E-state index is 0.695. The molecule has 6 aromatic rings. The van der Waals surface area contributed by atoms with Gasteiger partial charge in [0.1, 0.15) is 12.1 Å². The van der Waals surface area contributed by atoms with Crippen LogP contribution in [-0.2, 0) is 0 Å². The Kier molecular flexibility index (Phi) is 11.1. The van der Waals surface area contributed by atoms with Gasteiger partial charge in [-0.2, -0.15) is 10.5 Å². The molecule has 0 saturated carbocycles. The van der Waals surface area contributed by atoms with Crippen molar-refractivity contribution in [1.29, 1.82) is 10.5 Å². The van der Waals surface area contributed by atoms with Crippen LogP contribution in [0, 0.1) is 29.6 Å². The highest BCUT2D eigenvalue weighted by Crippen LogP contribution is 2.39. The molecule has 0 aliphatic rings. The van der Waals surface area contributed by atoms with Crippen molar-refractivity contribution in [3.8, 4) is 23.3 Å². The Morgan fingerprint density at radius 3 is 1.15 bits per heavy atom. The fourth-order valence-corrected chi connectivity index (χ4v) is 8.96. The van der Waals surface area contributed by atoms with Gasteiger partial charge in [0.15, 0.2) is 0 Å². The van der Waals surface area contributed by atoms with Gasteiger partial charge in [-0.25, -0.2) is 0 Å². The SMILES string of the molecule is CSc1ccc(Sc2ccc(Sc3cccc(Sc4ccc(-c5ccc(Sc6cccc(C)c6C#N)cc5)cc4)c3C#N)cc2)cc1. The third-order valence-corrected chi connectivity index (χ3v) is 12.3. The largest absolute Gasteiger partial charge is 0.192 e. The molecule has 0 saturated heterocycles. The Labute approximate surface area is 298 Å². The summed E-state index contributed by atoms with van der Waals surface area (Å²) in [5.74, 6) is 0. The van der Waals surface area contributed by atoms with E-state index < -0.39 is 0 Å². The Balaban J connectivity index is 1.11. The summed E-state index contributed by atoms with van der Waals surface area (Å²) in [7, 11) is 0. The molecule has 0 aliphatic carbocycles. The lowest BCUT2D eigenvalue weighted by Crippen LogP contribution is -1.87. The summed E-state index contributed by atoms with van der Waals surface area (Å²) in [6, 6.07) is 50.9. The van der Waals surface area contributed by atoms with E-state index in [1.54, 1.807) is 58.8 Å². The topological polar surface area (TPSA) is 47.6 Å². The van der Waals surface area contributed by atoms with Crippen LogP contribution >= 0.6 is 58.8 Å². The molecule has 0 unspecified atom stereocenters. The molecule has 6 aromatic carbocycles. The first-order chi connectivity index (χ1) is 23.0. The van der Waals surface area contributed by atoms with Gasteiger partial charge < -0.3 is 0 Å². The molecular formula is C40H28N2S5. The van der Waals surface area contributed by atoms with Crippen LogP contribution in [0.1, 0.15) is 16.7 Å². The molecule has 7 heteroatoms. The number of thioether (sulfide) groups is 1. The first kappa shape index (κ1) is 33.0. The highest BCUT2D eigenvalue weighted by atomic mass is 32.2. The molecule has 228 valence electrons. The van der Waals surface area contributed by atoms with E-state index in [1.165, 1.54) is 14.7 Å². The Morgan fingerprint density at radius 2 is 0.745 bits per heavy atom. The second-order valence-corrected chi connectivity index (χ2v) is 15.8. The third kappa shape index (κ3) is 8.32. The summed E-state index contributed by atoms with van der Waals surface area (Å²) in [4.78, 5) is 9.81. The van der Waals surface area contributed by atoms with Gasteiger partial charge in [0.2, 0.25) is 0 Å². The maximum absolute atomic E-state index is 10.2. The van der Waals surface area contributed by atoms with Gasteiger partial charge >= 0.3 is 0 Å². The maximum Gasteiger partial charge on any atom is 0.102 e. The van der Waals surface area contributed by atoms with Gasteiger partial charge in [0, 0.05) is 44.1 Å². The molecule has 2 nitrogen and oxygen atoms in total. The standard InChI is InChI=1S/C40H28N2S5/c1-27-5-3-6-38(36(27)25-41)45-33-13-9-28(10-14-33)29-11-15-34(16-12-29)46-39-7-4-8-40(37(39)26-42)47-35-23-21-32(22-24-35)44-31-19-17-30(43-2)18-20-31/h3-24H,1-2H3. The monoisotopic (exact) mass is 696 g/mol. The van der Waals surface area contributed by atoms with E-state index >= 15 is 0 Å². The van der Waals surface area contributed by atoms with Crippen LogP contribution in [0.25, 0.3) is 11.1 Å². The second-order valence-electron chi connectivity index (χ2n) is 10.4. The van der Waals surface area contributed by atoms with Crippen LogP contribution in [-0.4, -0.2) is 6.26 Å². The smallest absolute Gasteiger partial charge is 0.102 e. The predicted octanol–water partition coefficient (Wildman–Crippen LogP) is 12.7. The molecule has 47 heavy (non-hydrogen) atoms. The van der Waals surface area contributed by atoms with E-state index in [0.29, 0.717) is 5.56 Å². The Bertz CT molecular complexity index is 2080. The van der Waals surface area contributed by atoms with Crippen molar-refractivity contribution in [2.24, 2.45) is 0 Å². The summed E-state index contributed by atoms with van der Waals surface area (Å²) in [5.41, 5.74) is 4.68. The average molecular weight is 697 g/mol. The molecular weight excluding hydrogens is 669 g/mol. The Hall–Kier alpha value is -3.95. The zero-order valence-electron chi connectivity index (χ0n) is 25.6. The van der Waals surface area contributed by atoms with Gasteiger partial charge in [-0.15, -0.1) is 11.8 Å². The molecule has 0 aromatic heterocycles. The molecule has 0 N–H and O–H groups in total. The van der Waals surface area contributed by atoms with E-state index in [1.807, 2.05) is 43.3 Å². The first-order valence-corrected chi connectivity index (χ1v) is 19.2. The number of rotatable bonds is 10. The van der Waals surface area contributed by atoms with Crippen molar-refractivity contribution in [2.75, 3.05) is 6.26 Å². The molecule has 0 fully saturated rings. The van der Waals surface area contributed by atoms with Crippen LogP contribution in [0.4, 0.5) is 0 Å². The normalized spacial score (nSPS) is 10.7. The lowest BCUT2D eigenvalue weighted by Gasteiger charge is -2.10. The third-order valence-electron chi connectivity index (χ3n) is 7.29. The summed E-state index contributed by atoms with van der Waals surface area (Å²) in [6.07, 6.45) is 2.09. The van der Waals surface area contributed by atoms with Crippen molar-refractivity contribution in [2.45, 2.75) is 51.0 Å². The number of nitriles is 2. The van der Waals surface area contributed by atoms with Crippen molar-refractivity contribution in [3.63, 3.8) is 0 Å².